The highest BCUT2D eigenvalue weighted by Gasteiger charge is 2.42. The first kappa shape index (κ1) is 28.5. The summed E-state index contributed by atoms with van der Waals surface area (Å²) in [5.41, 5.74) is 3.98. The summed E-state index contributed by atoms with van der Waals surface area (Å²) < 4.78 is 33.8. The average Bonchev–Trinajstić information content (AvgIpc) is 3.52. The summed E-state index contributed by atoms with van der Waals surface area (Å²) in [5, 5.41) is 3.40. The molecule has 218 valence electrons. The van der Waals surface area contributed by atoms with Crippen molar-refractivity contribution < 1.29 is 38.0 Å². The molecule has 9 nitrogen and oxygen atoms in total. The Morgan fingerprint density at radius 2 is 1.68 bits per heavy atom. The fourth-order valence-corrected chi connectivity index (χ4v) is 6.16. The molecule has 1 aliphatic carbocycles. The zero-order chi connectivity index (χ0) is 29.1. The third kappa shape index (κ3) is 5.51. The van der Waals surface area contributed by atoms with E-state index in [0.717, 1.165) is 29.9 Å². The lowest BCUT2D eigenvalue weighted by molar-refractivity contribution is -0.142. The van der Waals surface area contributed by atoms with Crippen molar-refractivity contribution in [1.29, 1.82) is 0 Å². The van der Waals surface area contributed by atoms with Crippen molar-refractivity contribution >= 4 is 11.8 Å². The molecule has 5 rings (SSSR count). The summed E-state index contributed by atoms with van der Waals surface area (Å²) in [6.07, 6.45) is 2.52. The van der Waals surface area contributed by atoms with Crippen molar-refractivity contribution in [3.63, 3.8) is 0 Å². The van der Waals surface area contributed by atoms with Gasteiger partial charge in [-0.25, -0.2) is 4.79 Å². The highest BCUT2D eigenvalue weighted by molar-refractivity contribution is 6.04. The van der Waals surface area contributed by atoms with Crippen LogP contribution in [0.4, 0.5) is 0 Å². The number of nitrogens with one attached hydrogen (secondary N) is 1. The third-order valence-electron chi connectivity index (χ3n) is 8.07. The van der Waals surface area contributed by atoms with E-state index in [2.05, 4.69) is 5.32 Å². The van der Waals surface area contributed by atoms with Crippen LogP contribution in [0.15, 0.2) is 58.9 Å². The molecule has 1 N–H and O–H groups in total. The van der Waals surface area contributed by atoms with E-state index >= 15 is 0 Å². The van der Waals surface area contributed by atoms with E-state index < -0.39 is 11.9 Å². The molecular weight excluding hydrogens is 526 g/mol. The van der Waals surface area contributed by atoms with Crippen LogP contribution < -0.4 is 24.3 Å². The number of esters is 1. The number of hydrogen-bond donors (Lipinski definition) is 1. The molecule has 0 aromatic heterocycles. The van der Waals surface area contributed by atoms with Crippen LogP contribution in [0.3, 0.4) is 0 Å². The molecule has 3 aliphatic rings. The minimum absolute atomic E-state index is 0.0506. The highest BCUT2D eigenvalue weighted by atomic mass is 16.6. The van der Waals surface area contributed by atoms with Crippen molar-refractivity contribution in [3.05, 3.63) is 70.1 Å². The molecule has 0 saturated carbocycles. The third-order valence-corrected chi connectivity index (χ3v) is 8.07. The van der Waals surface area contributed by atoms with Crippen molar-refractivity contribution in [2.24, 2.45) is 0 Å². The fraction of sp³-hybridized carbons (Fsp3) is 0.438. The molecule has 1 saturated heterocycles. The SMILES string of the molecule is COc1ccccc1[C@H]1CC(=O)C2=C(C1)NC(C)=C(C(=O)OC[C@@H]1CCCO1)[C@@H]2c1cc(OC)c(OC)c(OC)c1. The summed E-state index contributed by atoms with van der Waals surface area (Å²) in [7, 11) is 6.24. The molecule has 0 spiro atoms. The second kappa shape index (κ2) is 12.3. The molecule has 2 heterocycles. The number of rotatable bonds is 9. The first-order valence-electron chi connectivity index (χ1n) is 13.9. The number of Topliss-reactive ketones (excluding diaryl/α,β-unsaturated/α-hetero) is 1. The number of para-hydroxylation sites is 1. The van der Waals surface area contributed by atoms with Gasteiger partial charge in [-0.2, -0.15) is 0 Å². The number of hydrogen-bond acceptors (Lipinski definition) is 9. The lowest BCUT2D eigenvalue weighted by Gasteiger charge is -2.37. The van der Waals surface area contributed by atoms with Crippen molar-refractivity contribution in [3.8, 4) is 23.0 Å². The van der Waals surface area contributed by atoms with Crippen LogP contribution in [-0.4, -0.2) is 59.5 Å². The maximum atomic E-state index is 14.0. The van der Waals surface area contributed by atoms with Crippen molar-refractivity contribution in [2.75, 3.05) is 41.7 Å². The van der Waals surface area contributed by atoms with E-state index in [9.17, 15) is 9.59 Å². The van der Waals surface area contributed by atoms with E-state index in [1.807, 2.05) is 31.2 Å². The molecule has 9 heteroatoms. The summed E-state index contributed by atoms with van der Waals surface area (Å²) in [6, 6.07) is 11.4. The molecule has 2 aromatic rings. The van der Waals surface area contributed by atoms with Crippen LogP contribution in [-0.2, 0) is 19.1 Å². The second-order valence-corrected chi connectivity index (χ2v) is 10.5. The average molecular weight is 564 g/mol. The quantitative estimate of drug-likeness (QED) is 0.431. The Morgan fingerprint density at radius 3 is 2.32 bits per heavy atom. The van der Waals surface area contributed by atoms with Gasteiger partial charge in [0, 0.05) is 41.8 Å². The fourth-order valence-electron chi connectivity index (χ4n) is 6.16. The molecule has 41 heavy (non-hydrogen) atoms. The Bertz CT molecular complexity index is 1360. The minimum atomic E-state index is -0.692. The van der Waals surface area contributed by atoms with Crippen LogP contribution in [0.5, 0.6) is 23.0 Å². The van der Waals surface area contributed by atoms with Crippen LogP contribution in [0.2, 0.25) is 0 Å². The molecule has 2 aromatic carbocycles. The summed E-state index contributed by atoms with van der Waals surface area (Å²) in [4.78, 5) is 27.8. The van der Waals surface area contributed by atoms with E-state index in [0.29, 0.717) is 52.7 Å². The molecule has 0 bridgehead atoms. The van der Waals surface area contributed by atoms with Crippen molar-refractivity contribution in [1.82, 2.24) is 5.32 Å². The standard InChI is InChI=1S/C32H37NO8/c1-18-28(32(35)41-17-21-9-8-12-40-21)29(20-15-26(37-3)31(39-5)27(16-20)38-4)30-23(33-18)13-19(14-24(30)34)22-10-6-7-11-25(22)36-2/h6-7,10-11,15-16,19,21,29,33H,8-9,12-14,17H2,1-5H3/t19-,21+,29+/m1/s1. The number of carbonyl (C=O) groups excluding carboxylic acids is 2. The monoisotopic (exact) mass is 563 g/mol. The number of dihydropyridines is 1. The van der Waals surface area contributed by atoms with Gasteiger partial charge in [-0.05, 0) is 55.5 Å². The maximum absolute atomic E-state index is 14.0. The molecule has 0 amide bonds. The zero-order valence-corrected chi connectivity index (χ0v) is 24.2. The molecule has 0 unspecified atom stereocenters. The molecule has 0 radical (unpaired) electrons. The summed E-state index contributed by atoms with van der Waals surface area (Å²) in [5.74, 6) is 0.730. The predicted octanol–water partition coefficient (Wildman–Crippen LogP) is 4.80. The molecule has 3 atom stereocenters. The van der Waals surface area contributed by atoms with Gasteiger partial charge in [-0.1, -0.05) is 18.2 Å². The van der Waals surface area contributed by atoms with Gasteiger partial charge in [0.2, 0.25) is 5.75 Å². The van der Waals surface area contributed by atoms with Gasteiger partial charge in [0.15, 0.2) is 17.3 Å². The Kier molecular flexibility index (Phi) is 8.54. The molecule has 1 fully saturated rings. The largest absolute Gasteiger partial charge is 0.496 e. The van der Waals surface area contributed by atoms with Crippen molar-refractivity contribution in [2.45, 2.75) is 50.5 Å². The predicted molar refractivity (Wildman–Crippen MR) is 152 cm³/mol. The number of ether oxygens (including phenoxy) is 6. The highest BCUT2D eigenvalue weighted by Crippen LogP contribution is 2.49. The lowest BCUT2D eigenvalue weighted by atomic mass is 9.71. The van der Waals surface area contributed by atoms with Crippen LogP contribution in [0.1, 0.15) is 55.6 Å². The van der Waals surface area contributed by atoms with Gasteiger partial charge >= 0.3 is 5.97 Å². The van der Waals surface area contributed by atoms with Crippen LogP contribution in [0, 0.1) is 0 Å². The first-order valence-corrected chi connectivity index (χ1v) is 13.9. The lowest BCUT2D eigenvalue weighted by Crippen LogP contribution is -2.36. The number of benzene rings is 2. The normalized spacial score (nSPS) is 22.2. The summed E-state index contributed by atoms with van der Waals surface area (Å²) in [6.45, 7) is 2.67. The van der Waals surface area contributed by atoms with Crippen LogP contribution >= 0.6 is 0 Å². The van der Waals surface area contributed by atoms with Gasteiger partial charge in [0.1, 0.15) is 12.4 Å². The number of carbonyl (C=O) groups is 2. The number of methoxy groups -OCH3 is 4. The number of allylic oxidation sites excluding steroid dienone is 3. The Labute approximate surface area is 240 Å². The Hall–Kier alpha value is -3.98. The zero-order valence-electron chi connectivity index (χ0n) is 24.2. The molecule has 2 aliphatic heterocycles. The van der Waals surface area contributed by atoms with Crippen LogP contribution in [0.25, 0.3) is 0 Å². The Morgan fingerprint density at radius 1 is 0.976 bits per heavy atom. The Balaban J connectivity index is 1.59. The van der Waals surface area contributed by atoms with E-state index in [-0.39, 0.29) is 30.8 Å². The summed E-state index contributed by atoms with van der Waals surface area (Å²) >= 11 is 0. The van der Waals surface area contributed by atoms with E-state index in [1.165, 1.54) is 21.3 Å². The second-order valence-electron chi connectivity index (χ2n) is 10.5. The molecular formula is C32H37NO8. The number of ketones is 1. The maximum Gasteiger partial charge on any atom is 0.336 e. The van der Waals surface area contributed by atoms with E-state index in [1.54, 1.807) is 19.2 Å². The van der Waals surface area contributed by atoms with Gasteiger partial charge < -0.3 is 33.7 Å². The van der Waals surface area contributed by atoms with Gasteiger partial charge in [0.05, 0.1) is 40.1 Å². The van der Waals surface area contributed by atoms with Gasteiger partial charge in [-0.3, -0.25) is 4.79 Å². The topological polar surface area (TPSA) is 102 Å². The van der Waals surface area contributed by atoms with Gasteiger partial charge in [0.25, 0.3) is 0 Å². The minimum Gasteiger partial charge on any atom is -0.496 e. The first-order chi connectivity index (χ1) is 19.9. The van der Waals surface area contributed by atoms with Gasteiger partial charge in [-0.15, -0.1) is 0 Å². The smallest absolute Gasteiger partial charge is 0.336 e. The van der Waals surface area contributed by atoms with E-state index in [4.69, 9.17) is 28.4 Å².